The Bertz CT molecular complexity index is 716. The zero-order valence-electron chi connectivity index (χ0n) is 16.9. The van der Waals surface area contributed by atoms with Crippen molar-refractivity contribution in [3.8, 4) is 0 Å². The van der Waals surface area contributed by atoms with Gasteiger partial charge >= 0.3 is 6.18 Å². The van der Waals surface area contributed by atoms with Gasteiger partial charge in [-0.1, -0.05) is 30.3 Å². The van der Waals surface area contributed by atoms with Gasteiger partial charge in [0.1, 0.15) is 0 Å². The fraction of sp³-hybridized carbons (Fsp3) is 0.652. The Morgan fingerprint density at radius 1 is 1.03 bits per heavy atom. The van der Waals surface area contributed by atoms with E-state index in [-0.39, 0.29) is 31.2 Å². The zero-order valence-corrected chi connectivity index (χ0v) is 16.9. The first-order valence-electron chi connectivity index (χ1n) is 10.9. The Morgan fingerprint density at radius 3 is 2.45 bits per heavy atom. The van der Waals surface area contributed by atoms with Crippen molar-refractivity contribution in [2.75, 3.05) is 32.8 Å². The van der Waals surface area contributed by atoms with Gasteiger partial charge in [0.2, 0.25) is 0 Å². The number of benzene rings is 1. The summed E-state index contributed by atoms with van der Waals surface area (Å²) in [6.07, 6.45) is 2.82. The smallest absolute Gasteiger partial charge is 0.390 e. The van der Waals surface area contributed by atoms with Crippen molar-refractivity contribution in [1.82, 2.24) is 9.80 Å². The number of aliphatic hydroxyl groups excluding tert-OH is 1. The van der Waals surface area contributed by atoms with Crippen LogP contribution >= 0.6 is 0 Å². The number of hydrogen-bond acceptors (Lipinski definition) is 3. The molecule has 0 unspecified atom stereocenters. The van der Waals surface area contributed by atoms with Gasteiger partial charge in [-0.05, 0) is 61.9 Å². The predicted octanol–water partition coefficient (Wildman–Crippen LogP) is 4.43. The van der Waals surface area contributed by atoms with Crippen molar-refractivity contribution in [2.24, 2.45) is 0 Å². The van der Waals surface area contributed by atoms with E-state index < -0.39 is 12.6 Å². The lowest BCUT2D eigenvalue weighted by Crippen LogP contribution is -2.67. The van der Waals surface area contributed by atoms with Gasteiger partial charge in [-0.3, -0.25) is 4.90 Å². The van der Waals surface area contributed by atoms with Crippen LogP contribution in [0, 0.1) is 0 Å². The number of nitrogens with zero attached hydrogens (tertiary/aromatic N) is 2. The zero-order chi connectivity index (χ0) is 20.4. The highest BCUT2D eigenvalue weighted by molar-refractivity contribution is 5.67. The van der Waals surface area contributed by atoms with Crippen molar-refractivity contribution in [3.05, 3.63) is 41.5 Å². The minimum Gasteiger partial charge on any atom is -0.395 e. The van der Waals surface area contributed by atoms with E-state index in [1.54, 1.807) is 0 Å². The molecule has 0 radical (unpaired) electrons. The second-order valence-electron chi connectivity index (χ2n) is 8.70. The Balaban J connectivity index is 1.49. The molecule has 0 amide bonds. The van der Waals surface area contributed by atoms with E-state index in [1.807, 2.05) is 4.90 Å². The molecule has 160 valence electrons. The number of allylic oxidation sites excluding steroid dienone is 2. The molecule has 2 saturated heterocycles. The third-order valence-corrected chi connectivity index (χ3v) is 6.87. The Labute approximate surface area is 171 Å². The predicted molar refractivity (Wildman–Crippen MR) is 109 cm³/mol. The van der Waals surface area contributed by atoms with Crippen LogP contribution in [-0.4, -0.2) is 66.0 Å². The minimum atomic E-state index is -4.11. The van der Waals surface area contributed by atoms with Crippen LogP contribution in [0.3, 0.4) is 0 Å². The number of alkyl halides is 3. The van der Waals surface area contributed by atoms with Crippen LogP contribution in [0.25, 0.3) is 5.57 Å². The quantitative estimate of drug-likeness (QED) is 0.781. The fourth-order valence-electron chi connectivity index (χ4n) is 5.35. The van der Waals surface area contributed by atoms with E-state index in [9.17, 15) is 18.3 Å². The number of fused-ring (bicyclic) bond motifs is 1. The van der Waals surface area contributed by atoms with Crippen LogP contribution in [0.4, 0.5) is 13.2 Å². The summed E-state index contributed by atoms with van der Waals surface area (Å²) in [5.74, 6) is 0.179. The molecule has 2 heterocycles. The molecule has 4 rings (SSSR count). The van der Waals surface area contributed by atoms with Gasteiger partial charge in [-0.25, -0.2) is 0 Å². The molecule has 1 N–H and O–H groups in total. The van der Waals surface area contributed by atoms with Crippen molar-refractivity contribution >= 4 is 5.57 Å². The summed E-state index contributed by atoms with van der Waals surface area (Å²) >= 11 is 0. The van der Waals surface area contributed by atoms with Gasteiger partial charge in [0.15, 0.2) is 0 Å². The van der Waals surface area contributed by atoms with E-state index in [0.717, 1.165) is 38.8 Å². The summed E-state index contributed by atoms with van der Waals surface area (Å²) in [4.78, 5) is 4.29. The van der Waals surface area contributed by atoms with Gasteiger partial charge < -0.3 is 10.0 Å². The SMILES string of the molecule is OC[C@@H]1[C@H](c2ccc(C3=CCCC3)cc2)[C@@H]2CN(CCC(F)(F)F)CCCCN12. The van der Waals surface area contributed by atoms with E-state index in [0.29, 0.717) is 6.54 Å². The molecular weight excluding hydrogens is 377 g/mol. The Kier molecular flexibility index (Phi) is 6.32. The molecule has 3 atom stereocenters. The molecule has 1 aromatic rings. The maximum Gasteiger partial charge on any atom is 0.390 e. The summed E-state index contributed by atoms with van der Waals surface area (Å²) in [5, 5.41) is 10.0. The Morgan fingerprint density at radius 2 is 1.79 bits per heavy atom. The summed E-state index contributed by atoms with van der Waals surface area (Å²) in [6.45, 7) is 2.45. The fourth-order valence-corrected chi connectivity index (χ4v) is 5.35. The number of rotatable bonds is 5. The largest absolute Gasteiger partial charge is 0.395 e. The lowest BCUT2D eigenvalue weighted by molar-refractivity contribution is -0.140. The van der Waals surface area contributed by atoms with Crippen molar-refractivity contribution in [2.45, 2.75) is 62.7 Å². The second kappa shape index (κ2) is 8.78. The van der Waals surface area contributed by atoms with Crippen LogP contribution in [0.15, 0.2) is 30.3 Å². The number of aliphatic hydroxyl groups is 1. The van der Waals surface area contributed by atoms with E-state index in [1.165, 1.54) is 23.1 Å². The third kappa shape index (κ3) is 4.70. The average molecular weight is 409 g/mol. The second-order valence-corrected chi connectivity index (χ2v) is 8.70. The average Bonchev–Trinajstić information content (AvgIpc) is 3.20. The molecule has 3 aliphatic rings. The molecule has 6 heteroatoms. The molecule has 0 spiro atoms. The van der Waals surface area contributed by atoms with Crippen molar-refractivity contribution in [1.29, 1.82) is 0 Å². The molecule has 3 nitrogen and oxygen atoms in total. The monoisotopic (exact) mass is 408 g/mol. The molecule has 0 bridgehead atoms. The van der Waals surface area contributed by atoms with E-state index in [2.05, 4.69) is 35.2 Å². The summed E-state index contributed by atoms with van der Waals surface area (Å²) in [6, 6.07) is 8.92. The third-order valence-electron chi connectivity index (χ3n) is 6.87. The van der Waals surface area contributed by atoms with Crippen LogP contribution in [0.5, 0.6) is 0 Å². The standard InChI is InChI=1S/C23H31F3N2O/c24-23(25,26)11-14-27-12-3-4-13-28-20(15-27)22(21(28)16-29)19-9-7-18(8-10-19)17-5-1-2-6-17/h5,7-10,20-22,29H,1-4,6,11-16H2/t20-,21+,22+/m0/s1. The summed E-state index contributed by atoms with van der Waals surface area (Å²) < 4.78 is 38.2. The lowest BCUT2D eigenvalue weighted by Gasteiger charge is -2.57. The van der Waals surface area contributed by atoms with Crippen LogP contribution in [0.1, 0.15) is 55.6 Å². The van der Waals surface area contributed by atoms with Crippen LogP contribution < -0.4 is 0 Å². The normalized spacial score (nSPS) is 29.0. The first-order valence-corrected chi connectivity index (χ1v) is 10.9. The molecule has 2 fully saturated rings. The van der Waals surface area contributed by atoms with Crippen LogP contribution in [0.2, 0.25) is 0 Å². The Hall–Kier alpha value is -1.37. The maximum absolute atomic E-state index is 12.7. The van der Waals surface area contributed by atoms with Gasteiger partial charge in [0, 0.05) is 31.1 Å². The molecule has 0 saturated carbocycles. The topological polar surface area (TPSA) is 26.7 Å². The highest BCUT2D eigenvalue weighted by Gasteiger charge is 2.49. The molecule has 1 aliphatic carbocycles. The first-order chi connectivity index (χ1) is 14.0. The molecule has 29 heavy (non-hydrogen) atoms. The maximum atomic E-state index is 12.7. The highest BCUT2D eigenvalue weighted by atomic mass is 19.4. The van der Waals surface area contributed by atoms with Crippen molar-refractivity contribution < 1.29 is 18.3 Å². The lowest BCUT2D eigenvalue weighted by atomic mass is 9.74. The first kappa shape index (κ1) is 20.9. The van der Waals surface area contributed by atoms with Gasteiger partial charge in [-0.15, -0.1) is 0 Å². The molecule has 1 aromatic carbocycles. The van der Waals surface area contributed by atoms with E-state index >= 15 is 0 Å². The van der Waals surface area contributed by atoms with Gasteiger partial charge in [0.05, 0.1) is 13.0 Å². The number of hydrogen-bond donors (Lipinski definition) is 1. The summed E-state index contributed by atoms with van der Waals surface area (Å²) in [7, 11) is 0. The van der Waals surface area contributed by atoms with Crippen LogP contribution in [-0.2, 0) is 0 Å². The number of halogens is 3. The molecule has 0 aromatic heterocycles. The molecule has 2 aliphatic heterocycles. The van der Waals surface area contributed by atoms with Gasteiger partial charge in [-0.2, -0.15) is 13.2 Å². The van der Waals surface area contributed by atoms with Crippen molar-refractivity contribution in [3.63, 3.8) is 0 Å². The van der Waals surface area contributed by atoms with Gasteiger partial charge in [0.25, 0.3) is 0 Å². The minimum absolute atomic E-state index is 0.0669. The summed E-state index contributed by atoms with van der Waals surface area (Å²) in [5.41, 5.74) is 3.88. The highest BCUT2D eigenvalue weighted by Crippen LogP contribution is 2.42. The van der Waals surface area contributed by atoms with E-state index in [4.69, 9.17) is 0 Å². The molecular formula is C23H31F3N2O.